The minimum Gasteiger partial charge on any atom is -0.487 e. The summed E-state index contributed by atoms with van der Waals surface area (Å²) in [5, 5.41) is 3.17. The number of aliphatic imine (C=N–C) groups is 1. The number of para-hydroxylation sites is 2. The minimum absolute atomic E-state index is 0.0383. The van der Waals surface area contributed by atoms with Gasteiger partial charge < -0.3 is 14.0 Å². The molecule has 0 amide bonds. The number of fused-ring (bicyclic) bond motifs is 6. The summed E-state index contributed by atoms with van der Waals surface area (Å²) in [6, 6.07) is 38.2. The molecule has 1 aliphatic heterocycles. The van der Waals surface area contributed by atoms with Crippen molar-refractivity contribution in [3.63, 3.8) is 0 Å². The van der Waals surface area contributed by atoms with Crippen molar-refractivity contribution >= 4 is 45.8 Å². The molecule has 5 heteroatoms. The molecule has 4 nitrogen and oxygen atoms in total. The molecule has 208 valence electrons. The van der Waals surface area contributed by atoms with Gasteiger partial charge in [-0.25, -0.2) is 0 Å². The molecule has 1 aliphatic carbocycles. The summed E-state index contributed by atoms with van der Waals surface area (Å²) < 4.78 is 14.8. The molecule has 0 spiro atoms. The van der Waals surface area contributed by atoms with E-state index in [4.69, 9.17) is 21.1 Å². The molecule has 6 aromatic rings. The van der Waals surface area contributed by atoms with E-state index in [-0.39, 0.29) is 12.0 Å². The molecule has 0 saturated carbocycles. The smallest absolute Gasteiger partial charge is 0.145 e. The number of ether oxygens (including phenoxy) is 2. The molecule has 0 N–H and O–H groups in total. The Balaban J connectivity index is 1.10. The van der Waals surface area contributed by atoms with Gasteiger partial charge in [0, 0.05) is 33.0 Å². The summed E-state index contributed by atoms with van der Waals surface area (Å²) in [7, 11) is 0. The van der Waals surface area contributed by atoms with Crippen LogP contribution in [0.2, 0.25) is 0 Å². The lowest BCUT2D eigenvalue weighted by Gasteiger charge is -2.17. The number of benzene rings is 5. The van der Waals surface area contributed by atoms with Crippen molar-refractivity contribution in [2.75, 3.05) is 0 Å². The van der Waals surface area contributed by atoms with Crippen LogP contribution < -0.4 is 9.47 Å². The maximum Gasteiger partial charge on any atom is 0.145 e. The van der Waals surface area contributed by atoms with Crippen LogP contribution in [0.25, 0.3) is 38.6 Å². The molecular weight excluding hydrogens is 552 g/mol. The lowest BCUT2D eigenvalue weighted by atomic mass is 9.90. The predicted molar refractivity (Wildman–Crippen MR) is 176 cm³/mol. The highest BCUT2D eigenvalue weighted by atomic mass is 35.5. The summed E-state index contributed by atoms with van der Waals surface area (Å²) in [5.74, 6) is 1.52. The number of aromatic nitrogens is 1. The quantitative estimate of drug-likeness (QED) is 0.184. The highest BCUT2D eigenvalue weighted by Gasteiger charge is 2.36. The molecule has 1 aromatic heterocycles. The van der Waals surface area contributed by atoms with Gasteiger partial charge in [-0.15, -0.1) is 0 Å². The van der Waals surface area contributed by atoms with E-state index in [9.17, 15) is 0 Å². The number of nitrogens with zero attached hydrogens (tertiary/aromatic N) is 2. The summed E-state index contributed by atoms with van der Waals surface area (Å²) >= 11 is 6.21. The highest BCUT2D eigenvalue weighted by Crippen LogP contribution is 2.50. The lowest BCUT2D eigenvalue weighted by Crippen LogP contribution is -2.16. The van der Waals surface area contributed by atoms with Crippen LogP contribution in [0.3, 0.4) is 0 Å². The monoisotopic (exact) mass is 578 g/mol. The lowest BCUT2D eigenvalue weighted by molar-refractivity contribution is 0.268. The third-order valence-electron chi connectivity index (χ3n) is 8.41. The van der Waals surface area contributed by atoms with Gasteiger partial charge in [0.25, 0.3) is 0 Å². The van der Waals surface area contributed by atoms with Gasteiger partial charge in [0.15, 0.2) is 0 Å². The summed E-state index contributed by atoms with van der Waals surface area (Å²) in [6.45, 7) is 4.25. The van der Waals surface area contributed by atoms with Crippen molar-refractivity contribution in [3.8, 4) is 28.3 Å². The van der Waals surface area contributed by atoms with Gasteiger partial charge in [0.1, 0.15) is 29.9 Å². The topological polar surface area (TPSA) is 35.8 Å². The van der Waals surface area contributed by atoms with Gasteiger partial charge in [-0.1, -0.05) is 90.5 Å². The van der Waals surface area contributed by atoms with Crippen molar-refractivity contribution in [1.29, 1.82) is 0 Å². The van der Waals surface area contributed by atoms with Gasteiger partial charge in [-0.05, 0) is 72.0 Å². The van der Waals surface area contributed by atoms with Crippen LogP contribution in [-0.4, -0.2) is 17.4 Å². The first-order valence-corrected chi connectivity index (χ1v) is 14.7. The fourth-order valence-corrected chi connectivity index (χ4v) is 6.66. The Hall–Kier alpha value is -5.06. The zero-order valence-electron chi connectivity index (χ0n) is 23.3. The molecule has 0 radical (unpaired) electrons. The zero-order chi connectivity index (χ0) is 28.9. The molecule has 0 fully saturated rings. The van der Waals surface area contributed by atoms with Crippen molar-refractivity contribution in [2.24, 2.45) is 4.99 Å². The Morgan fingerprint density at radius 3 is 2.47 bits per heavy atom. The van der Waals surface area contributed by atoms with Crippen LogP contribution in [0.15, 0.2) is 137 Å². The van der Waals surface area contributed by atoms with Gasteiger partial charge in [0.2, 0.25) is 0 Å². The SMILES string of the molecule is C=Nc1c(OCc2ccc(-c3cccc4c3c3ccccc3n4-c3ccccc3)cc2)ccc2c1C1C=CC(Cl)=CC1O2. The molecule has 0 saturated heterocycles. The second-order valence-electron chi connectivity index (χ2n) is 10.9. The number of allylic oxidation sites excluding steroid dienone is 2. The standard InChI is InChI=1S/C38H27ClN2O2/c1-40-38-34(21-20-33-37(38)30-19-18-26(39)22-35(30)43-33)42-23-24-14-16-25(17-15-24)28-11-7-13-32-36(28)29-10-5-6-12-31(29)41(32)27-8-3-2-4-9-27/h2-22,30,35H,1,23H2. The number of halogens is 1. The number of rotatable bonds is 6. The fourth-order valence-electron chi connectivity index (χ4n) is 6.47. The average molecular weight is 579 g/mol. The third-order valence-corrected chi connectivity index (χ3v) is 8.66. The van der Waals surface area contributed by atoms with Gasteiger partial charge in [-0.3, -0.25) is 4.99 Å². The molecule has 2 heterocycles. The van der Waals surface area contributed by atoms with Crippen LogP contribution in [0.4, 0.5) is 5.69 Å². The fraction of sp³-hybridized carbons (Fsp3) is 0.0789. The van der Waals surface area contributed by atoms with E-state index in [0.29, 0.717) is 17.4 Å². The van der Waals surface area contributed by atoms with Gasteiger partial charge in [0.05, 0.1) is 11.0 Å². The number of hydrogen-bond donors (Lipinski definition) is 0. The summed E-state index contributed by atoms with van der Waals surface area (Å²) in [5.41, 5.74) is 8.69. The number of hydrogen-bond acceptors (Lipinski definition) is 3. The molecule has 5 aromatic carbocycles. The van der Waals surface area contributed by atoms with E-state index < -0.39 is 0 Å². The van der Waals surface area contributed by atoms with E-state index in [1.54, 1.807) is 0 Å². The Morgan fingerprint density at radius 2 is 1.63 bits per heavy atom. The third kappa shape index (κ3) is 4.26. The highest BCUT2D eigenvalue weighted by molar-refractivity contribution is 6.31. The van der Waals surface area contributed by atoms with E-state index in [2.05, 4.69) is 119 Å². The molecule has 0 bridgehead atoms. The van der Waals surface area contributed by atoms with Crippen LogP contribution in [0.5, 0.6) is 11.5 Å². The largest absolute Gasteiger partial charge is 0.487 e. The Kier molecular flexibility index (Phi) is 6.16. The van der Waals surface area contributed by atoms with Gasteiger partial charge >= 0.3 is 0 Å². The van der Waals surface area contributed by atoms with E-state index in [1.165, 1.54) is 27.4 Å². The molecule has 2 atom stereocenters. The molecular formula is C38H27ClN2O2. The van der Waals surface area contributed by atoms with E-state index in [1.807, 2.05) is 24.3 Å². The van der Waals surface area contributed by atoms with Crippen molar-refractivity contribution < 1.29 is 9.47 Å². The summed E-state index contributed by atoms with van der Waals surface area (Å²) in [4.78, 5) is 4.35. The molecule has 2 aliphatic rings. The first-order valence-electron chi connectivity index (χ1n) is 14.3. The molecule has 8 rings (SSSR count). The molecule has 43 heavy (non-hydrogen) atoms. The van der Waals surface area contributed by atoms with Crippen molar-refractivity contribution in [2.45, 2.75) is 18.6 Å². The Labute approximate surface area is 254 Å². The van der Waals surface area contributed by atoms with Crippen LogP contribution >= 0.6 is 11.6 Å². The Bertz CT molecular complexity index is 2090. The van der Waals surface area contributed by atoms with Crippen LogP contribution in [0.1, 0.15) is 17.0 Å². The second-order valence-corrected chi connectivity index (χ2v) is 11.3. The first kappa shape index (κ1) is 25.6. The predicted octanol–water partition coefficient (Wildman–Crippen LogP) is 9.90. The average Bonchev–Trinajstić information content (AvgIpc) is 3.59. The van der Waals surface area contributed by atoms with E-state index >= 15 is 0 Å². The first-order chi connectivity index (χ1) is 21.2. The van der Waals surface area contributed by atoms with Crippen molar-refractivity contribution in [1.82, 2.24) is 4.57 Å². The normalized spacial score (nSPS) is 16.9. The van der Waals surface area contributed by atoms with Crippen LogP contribution in [0, 0.1) is 0 Å². The second kappa shape index (κ2) is 10.3. The zero-order valence-corrected chi connectivity index (χ0v) is 24.0. The van der Waals surface area contributed by atoms with E-state index in [0.717, 1.165) is 33.8 Å². The van der Waals surface area contributed by atoms with Crippen molar-refractivity contribution in [3.05, 3.63) is 144 Å². The summed E-state index contributed by atoms with van der Waals surface area (Å²) in [6.07, 6.45) is 5.76. The molecule has 2 unspecified atom stereocenters. The Morgan fingerprint density at radius 1 is 0.837 bits per heavy atom. The minimum atomic E-state index is -0.137. The maximum absolute atomic E-state index is 6.31. The van der Waals surface area contributed by atoms with Crippen LogP contribution in [-0.2, 0) is 6.61 Å². The van der Waals surface area contributed by atoms with Gasteiger partial charge in [-0.2, -0.15) is 0 Å². The maximum atomic E-state index is 6.31.